The average molecular weight is 460 g/mol. The van der Waals surface area contributed by atoms with Gasteiger partial charge in [-0.3, -0.25) is 0 Å². The minimum absolute atomic E-state index is 0.0559. The maximum atomic E-state index is 12.9. The molecule has 0 spiro atoms. The first-order valence-electron chi connectivity index (χ1n) is 5.72. The van der Waals surface area contributed by atoms with E-state index < -0.39 is 48.4 Å². The maximum absolute atomic E-state index is 12.9. The van der Waals surface area contributed by atoms with Gasteiger partial charge in [0.25, 0.3) is 0 Å². The van der Waals surface area contributed by atoms with Gasteiger partial charge < -0.3 is 4.74 Å². The molecule has 0 heterocycles. The Bertz CT molecular complexity index is 581. The molecule has 0 aromatic heterocycles. The molecule has 0 aliphatic heterocycles. The Kier molecular flexibility index (Phi) is 6.58. The predicted molar refractivity (Wildman–Crippen MR) is 49.9 cm³/mol. The molecule has 0 atom stereocenters. The van der Waals surface area contributed by atoms with Crippen molar-refractivity contribution >= 4 is 5.97 Å². The molecule has 4 nitrogen and oxygen atoms in total. The van der Waals surface area contributed by atoms with E-state index in [0.29, 0.717) is 0 Å². The van der Waals surface area contributed by atoms with E-state index in [1.165, 1.54) is 4.74 Å². The van der Waals surface area contributed by atoms with Crippen molar-refractivity contribution in [2.24, 2.45) is 0 Å². The third-order valence-electron chi connectivity index (χ3n) is 2.39. The molecule has 0 aromatic carbocycles. The smallest absolute Gasteiger partial charge is 0.460 e. The zero-order valence-electron chi connectivity index (χ0n) is 12.3. The van der Waals surface area contributed by atoms with E-state index >= 15 is 0 Å². The van der Waals surface area contributed by atoms with Crippen molar-refractivity contribution in [2.75, 3.05) is 7.11 Å². The summed E-state index contributed by atoms with van der Waals surface area (Å²) in [5, 5.41) is 0. The number of rotatable bonds is 8. The van der Waals surface area contributed by atoms with Gasteiger partial charge in [-0.15, -0.1) is 0 Å². The Morgan fingerprint density at radius 3 is 1.25 bits per heavy atom. The van der Waals surface area contributed by atoms with Gasteiger partial charge in [-0.25, -0.2) is 14.3 Å². The molecule has 0 rings (SSSR count). The van der Waals surface area contributed by atoms with Crippen LogP contribution in [-0.2, 0) is 19.0 Å². The van der Waals surface area contributed by atoms with Crippen LogP contribution in [0.5, 0.6) is 0 Å². The molecule has 0 radical (unpaired) electrons. The predicted octanol–water partition coefficient (Wildman–Crippen LogP) is 4.40. The van der Waals surface area contributed by atoms with Crippen LogP contribution >= 0.6 is 0 Å². The normalized spacial score (nSPS) is 15.6. The summed E-state index contributed by atoms with van der Waals surface area (Å²) < 4.78 is 194. The quantitative estimate of drug-likeness (QED) is 0.398. The molecule has 168 valence electrons. The highest BCUT2D eigenvalue weighted by Crippen LogP contribution is 2.55. The topological polar surface area (TPSA) is 44.8 Å². The summed E-state index contributed by atoms with van der Waals surface area (Å²) in [4.78, 5) is 10.3. The first-order chi connectivity index (χ1) is 11.9. The average Bonchev–Trinajstić information content (AvgIpc) is 2.42. The monoisotopic (exact) mass is 460 g/mol. The fourth-order valence-corrected chi connectivity index (χ4v) is 1.03. The molecule has 0 aliphatic carbocycles. The van der Waals surface area contributed by atoms with Gasteiger partial charge in [0.2, 0.25) is 0 Å². The standard InChI is InChI=1S/C9H3F15O4/c1-26-2(25)3(10,11)27-8(21,22)9(23,24)28-7(19,20)5(14,15)4(12,13)6(16,17)18/h1H3. The van der Waals surface area contributed by atoms with Crippen molar-refractivity contribution in [3.63, 3.8) is 0 Å². The summed E-state index contributed by atoms with van der Waals surface area (Å²) in [7, 11) is 0.0559. The number of esters is 1. The molecular formula is C9H3F15O4. The number of carbonyl (C=O) groups excluding carboxylic acids is 1. The lowest BCUT2D eigenvalue weighted by atomic mass is 10.1. The van der Waals surface area contributed by atoms with E-state index in [-0.39, 0.29) is 7.11 Å². The molecule has 0 saturated carbocycles. The molecule has 0 unspecified atom stereocenters. The van der Waals surface area contributed by atoms with Crippen LogP contribution in [0.25, 0.3) is 0 Å². The Hall–Kier alpha value is -1.66. The summed E-state index contributed by atoms with van der Waals surface area (Å²) in [5.41, 5.74) is 0. The van der Waals surface area contributed by atoms with E-state index in [1.54, 1.807) is 0 Å². The number of carbonyl (C=O) groups is 1. The van der Waals surface area contributed by atoms with Crippen molar-refractivity contribution < 1.29 is 84.9 Å². The third-order valence-corrected chi connectivity index (χ3v) is 2.39. The zero-order valence-corrected chi connectivity index (χ0v) is 12.3. The van der Waals surface area contributed by atoms with Crippen LogP contribution in [0.3, 0.4) is 0 Å². The van der Waals surface area contributed by atoms with E-state index in [2.05, 4.69) is 4.74 Å². The highest BCUT2D eigenvalue weighted by molar-refractivity contribution is 5.75. The van der Waals surface area contributed by atoms with Gasteiger partial charge in [0, 0.05) is 0 Å². The van der Waals surface area contributed by atoms with Gasteiger partial charge in [-0.1, -0.05) is 0 Å². The molecule has 19 heteroatoms. The van der Waals surface area contributed by atoms with E-state index in [1.807, 2.05) is 4.74 Å². The van der Waals surface area contributed by atoms with Crippen molar-refractivity contribution in [1.29, 1.82) is 0 Å². The van der Waals surface area contributed by atoms with E-state index in [4.69, 9.17) is 0 Å². The van der Waals surface area contributed by atoms with Crippen LogP contribution in [-0.4, -0.2) is 55.5 Å². The fourth-order valence-electron chi connectivity index (χ4n) is 1.03. The second kappa shape index (κ2) is 6.99. The van der Waals surface area contributed by atoms with Crippen LogP contribution in [0.1, 0.15) is 0 Å². The molecule has 0 aromatic rings. The SMILES string of the molecule is COC(=O)C(F)(F)OC(F)(F)C(F)(F)OC(F)(F)C(F)(F)C(F)(F)C(F)(F)F. The van der Waals surface area contributed by atoms with Gasteiger partial charge in [0.05, 0.1) is 7.11 Å². The first-order valence-corrected chi connectivity index (χ1v) is 5.72. The lowest BCUT2D eigenvalue weighted by molar-refractivity contribution is -0.539. The highest BCUT2D eigenvalue weighted by Gasteiger charge is 2.85. The summed E-state index contributed by atoms with van der Waals surface area (Å²) in [5.74, 6) is -18.9. The Balaban J connectivity index is 5.92. The lowest BCUT2D eigenvalue weighted by Crippen LogP contribution is -2.64. The lowest BCUT2D eigenvalue weighted by Gasteiger charge is -2.36. The summed E-state index contributed by atoms with van der Waals surface area (Å²) in [6.45, 7) is 0. The van der Waals surface area contributed by atoms with Crippen LogP contribution in [0, 0.1) is 0 Å². The van der Waals surface area contributed by atoms with E-state index in [0.717, 1.165) is 0 Å². The van der Waals surface area contributed by atoms with Crippen LogP contribution < -0.4 is 0 Å². The third kappa shape index (κ3) is 4.49. The summed E-state index contributed by atoms with van der Waals surface area (Å²) in [6, 6.07) is 0. The molecule has 0 bridgehead atoms. The number of methoxy groups -OCH3 is 1. The van der Waals surface area contributed by atoms with Crippen molar-refractivity contribution in [3.8, 4) is 0 Å². The second-order valence-electron chi connectivity index (χ2n) is 4.41. The van der Waals surface area contributed by atoms with Gasteiger partial charge in [0.15, 0.2) is 0 Å². The van der Waals surface area contributed by atoms with Gasteiger partial charge in [-0.2, -0.15) is 65.9 Å². The van der Waals surface area contributed by atoms with Crippen molar-refractivity contribution in [3.05, 3.63) is 0 Å². The number of alkyl halides is 15. The molecular weight excluding hydrogens is 457 g/mol. The fraction of sp³-hybridized carbons (Fsp3) is 0.889. The van der Waals surface area contributed by atoms with Gasteiger partial charge in [0.1, 0.15) is 0 Å². The minimum Gasteiger partial charge on any atom is -0.463 e. The second-order valence-corrected chi connectivity index (χ2v) is 4.41. The minimum atomic E-state index is -7.94. The molecule has 0 saturated heterocycles. The Morgan fingerprint density at radius 2 is 0.929 bits per heavy atom. The van der Waals surface area contributed by atoms with Crippen molar-refractivity contribution in [2.45, 2.75) is 42.5 Å². The molecule has 0 aliphatic rings. The van der Waals surface area contributed by atoms with E-state index in [9.17, 15) is 70.7 Å². The molecule has 28 heavy (non-hydrogen) atoms. The zero-order chi connectivity index (χ0) is 23.2. The number of hydrogen-bond acceptors (Lipinski definition) is 4. The molecule has 0 amide bonds. The largest absolute Gasteiger partial charge is 0.463 e. The Morgan fingerprint density at radius 1 is 0.571 bits per heavy atom. The summed E-state index contributed by atoms with van der Waals surface area (Å²) >= 11 is 0. The number of halogens is 15. The molecule has 0 N–H and O–H groups in total. The Labute approximate surface area is 142 Å². The first kappa shape index (κ1) is 26.3. The van der Waals surface area contributed by atoms with Crippen LogP contribution in [0.2, 0.25) is 0 Å². The number of ether oxygens (including phenoxy) is 3. The number of hydrogen-bond donors (Lipinski definition) is 0. The highest BCUT2D eigenvalue weighted by atomic mass is 19.4. The van der Waals surface area contributed by atoms with Gasteiger partial charge >= 0.3 is 48.4 Å². The molecule has 0 fully saturated rings. The van der Waals surface area contributed by atoms with Crippen LogP contribution in [0.4, 0.5) is 65.9 Å². The van der Waals surface area contributed by atoms with Crippen LogP contribution in [0.15, 0.2) is 0 Å². The summed E-state index contributed by atoms with van der Waals surface area (Å²) in [6.07, 6.45) is -35.9. The maximum Gasteiger partial charge on any atom is 0.460 e. The van der Waals surface area contributed by atoms with Gasteiger partial charge in [-0.05, 0) is 0 Å². The van der Waals surface area contributed by atoms with Crippen molar-refractivity contribution in [1.82, 2.24) is 0 Å².